The van der Waals surface area contributed by atoms with E-state index in [-0.39, 0.29) is 12.0 Å². The Bertz CT molecular complexity index is 484. The summed E-state index contributed by atoms with van der Waals surface area (Å²) in [5, 5.41) is 9.45. The lowest BCUT2D eigenvalue weighted by molar-refractivity contribution is -0.571. The Morgan fingerprint density at radius 1 is 1.17 bits per heavy atom. The standard InChI is InChI=1S/C18H30O6/c1-10-5-6-14-11(2)15(9-20-12(3)19)21-16-18(14)13(10)7-8-17(4,22-16)23-24-18/h10-16,19H,5-9H2,1-4H3/t10-,11-,12?,13+,14+,15?,16-,17+,18-/m1/s1. The molecule has 0 aromatic rings. The third kappa shape index (κ3) is 2.46. The normalized spacial score (nSPS) is 54.9. The Balaban J connectivity index is 1.67. The van der Waals surface area contributed by atoms with Gasteiger partial charge in [0.25, 0.3) is 0 Å². The van der Waals surface area contributed by atoms with E-state index >= 15 is 0 Å². The Hall–Kier alpha value is -0.240. The highest BCUT2D eigenvalue weighted by molar-refractivity contribution is 5.09. The van der Waals surface area contributed by atoms with Crippen molar-refractivity contribution in [2.24, 2.45) is 23.7 Å². The van der Waals surface area contributed by atoms with Crippen LogP contribution in [0.5, 0.6) is 0 Å². The summed E-state index contributed by atoms with van der Waals surface area (Å²) >= 11 is 0. The Labute approximate surface area is 143 Å². The second kappa shape index (κ2) is 5.89. The molecule has 4 heterocycles. The van der Waals surface area contributed by atoms with Gasteiger partial charge in [0.15, 0.2) is 18.2 Å². The minimum atomic E-state index is -0.792. The molecule has 0 amide bonds. The molecule has 0 aromatic heterocycles. The molecule has 1 N–H and O–H groups in total. The fourth-order valence-electron chi connectivity index (χ4n) is 5.40. The molecule has 1 spiro atoms. The van der Waals surface area contributed by atoms with Gasteiger partial charge in [-0.2, -0.15) is 0 Å². The average Bonchev–Trinajstić information content (AvgIpc) is 2.76. The van der Waals surface area contributed by atoms with Crippen molar-refractivity contribution in [3.05, 3.63) is 0 Å². The molecule has 4 aliphatic heterocycles. The first kappa shape index (κ1) is 17.2. The number of aliphatic hydroxyl groups is 1. The van der Waals surface area contributed by atoms with Crippen molar-refractivity contribution in [1.29, 1.82) is 0 Å². The molecule has 4 saturated heterocycles. The first-order valence-corrected chi connectivity index (χ1v) is 9.35. The fourth-order valence-corrected chi connectivity index (χ4v) is 5.40. The molecule has 2 bridgehead atoms. The van der Waals surface area contributed by atoms with Crippen LogP contribution in [0.4, 0.5) is 0 Å². The summed E-state index contributed by atoms with van der Waals surface area (Å²) < 4.78 is 18.0. The lowest BCUT2D eigenvalue weighted by Crippen LogP contribution is -2.70. The molecule has 6 nitrogen and oxygen atoms in total. The van der Waals surface area contributed by atoms with Gasteiger partial charge in [0.05, 0.1) is 12.7 Å². The van der Waals surface area contributed by atoms with Crippen molar-refractivity contribution < 1.29 is 29.1 Å². The second-order valence-electron chi connectivity index (χ2n) is 8.38. The van der Waals surface area contributed by atoms with E-state index in [1.165, 1.54) is 6.42 Å². The molecular formula is C18H30O6. The van der Waals surface area contributed by atoms with E-state index < -0.39 is 24.0 Å². The van der Waals surface area contributed by atoms with E-state index in [1.807, 2.05) is 6.92 Å². The molecule has 2 unspecified atom stereocenters. The predicted octanol–water partition coefficient (Wildman–Crippen LogP) is 2.59. The van der Waals surface area contributed by atoms with Gasteiger partial charge in [-0.05, 0) is 50.9 Å². The summed E-state index contributed by atoms with van der Waals surface area (Å²) in [7, 11) is 0. The summed E-state index contributed by atoms with van der Waals surface area (Å²) in [6.45, 7) is 8.42. The maximum atomic E-state index is 9.45. The van der Waals surface area contributed by atoms with Gasteiger partial charge in [-0.1, -0.05) is 13.8 Å². The molecule has 138 valence electrons. The maximum absolute atomic E-state index is 9.45. The van der Waals surface area contributed by atoms with Crippen LogP contribution >= 0.6 is 0 Å². The molecular weight excluding hydrogens is 312 g/mol. The summed E-state index contributed by atoms with van der Waals surface area (Å²) in [4.78, 5) is 11.9. The van der Waals surface area contributed by atoms with E-state index in [4.69, 9.17) is 24.0 Å². The highest BCUT2D eigenvalue weighted by atomic mass is 17.3. The Kier molecular flexibility index (Phi) is 4.22. The Morgan fingerprint density at radius 3 is 2.71 bits per heavy atom. The first-order valence-electron chi connectivity index (χ1n) is 9.35. The highest BCUT2D eigenvalue weighted by Crippen LogP contribution is 2.60. The lowest BCUT2D eigenvalue weighted by Gasteiger charge is -2.60. The predicted molar refractivity (Wildman–Crippen MR) is 84.5 cm³/mol. The number of rotatable bonds is 3. The van der Waals surface area contributed by atoms with Crippen LogP contribution in [0.2, 0.25) is 0 Å². The van der Waals surface area contributed by atoms with E-state index in [2.05, 4.69) is 13.8 Å². The van der Waals surface area contributed by atoms with Gasteiger partial charge in [0, 0.05) is 12.3 Å². The van der Waals surface area contributed by atoms with Crippen molar-refractivity contribution in [2.75, 3.05) is 6.61 Å². The average molecular weight is 342 g/mol. The zero-order chi connectivity index (χ0) is 17.1. The maximum Gasteiger partial charge on any atom is 0.201 e. The van der Waals surface area contributed by atoms with Crippen LogP contribution in [0, 0.1) is 23.7 Å². The quantitative estimate of drug-likeness (QED) is 0.628. The monoisotopic (exact) mass is 342 g/mol. The zero-order valence-electron chi connectivity index (χ0n) is 15.1. The van der Waals surface area contributed by atoms with Gasteiger partial charge in [0.2, 0.25) is 5.79 Å². The van der Waals surface area contributed by atoms with E-state index in [1.54, 1.807) is 6.92 Å². The molecule has 24 heavy (non-hydrogen) atoms. The molecule has 9 atom stereocenters. The zero-order valence-corrected chi connectivity index (χ0v) is 15.1. The van der Waals surface area contributed by atoms with Crippen LogP contribution < -0.4 is 0 Å². The van der Waals surface area contributed by atoms with Crippen molar-refractivity contribution in [2.45, 2.75) is 83.5 Å². The first-order chi connectivity index (χ1) is 11.4. The molecule has 6 heteroatoms. The van der Waals surface area contributed by atoms with Gasteiger partial charge in [-0.25, -0.2) is 9.78 Å². The number of hydrogen-bond acceptors (Lipinski definition) is 6. The van der Waals surface area contributed by atoms with E-state index in [0.29, 0.717) is 24.4 Å². The largest absolute Gasteiger partial charge is 0.368 e. The molecule has 5 rings (SSSR count). The number of aliphatic hydroxyl groups excluding tert-OH is 1. The molecule has 0 radical (unpaired) electrons. The summed E-state index contributed by atoms with van der Waals surface area (Å²) in [5.41, 5.74) is -0.519. The van der Waals surface area contributed by atoms with Crippen molar-refractivity contribution >= 4 is 0 Å². The van der Waals surface area contributed by atoms with Crippen molar-refractivity contribution in [3.8, 4) is 0 Å². The van der Waals surface area contributed by atoms with Crippen LogP contribution in [0.15, 0.2) is 0 Å². The van der Waals surface area contributed by atoms with Crippen LogP contribution in [-0.4, -0.2) is 41.8 Å². The number of ether oxygens (including phenoxy) is 3. The molecule has 1 aliphatic carbocycles. The van der Waals surface area contributed by atoms with Crippen LogP contribution in [-0.2, 0) is 24.0 Å². The highest BCUT2D eigenvalue weighted by Gasteiger charge is 2.69. The van der Waals surface area contributed by atoms with Crippen LogP contribution in [0.1, 0.15) is 53.4 Å². The SMILES string of the molecule is CC(O)OCC1O[C@@H]2O[C@]3(C)CC[C@H]4[C@H](C)CC[C@@H]([C@H]1C)[C@@]24OO3. The number of hydrogen-bond donors (Lipinski definition) is 1. The minimum Gasteiger partial charge on any atom is -0.368 e. The molecule has 5 aliphatic rings. The molecule has 5 fully saturated rings. The summed E-state index contributed by atoms with van der Waals surface area (Å²) in [6, 6.07) is 0. The topological polar surface area (TPSA) is 66.4 Å². The van der Waals surface area contributed by atoms with Gasteiger partial charge >= 0.3 is 0 Å². The Morgan fingerprint density at radius 2 is 1.96 bits per heavy atom. The van der Waals surface area contributed by atoms with Gasteiger partial charge in [-0.15, -0.1) is 0 Å². The van der Waals surface area contributed by atoms with Gasteiger partial charge in [0.1, 0.15) is 0 Å². The lowest BCUT2D eigenvalue weighted by atomic mass is 9.57. The van der Waals surface area contributed by atoms with Crippen molar-refractivity contribution in [3.63, 3.8) is 0 Å². The van der Waals surface area contributed by atoms with E-state index in [9.17, 15) is 5.11 Å². The van der Waals surface area contributed by atoms with Crippen LogP contribution in [0.25, 0.3) is 0 Å². The second-order valence-corrected chi connectivity index (χ2v) is 8.38. The van der Waals surface area contributed by atoms with Gasteiger partial charge in [-0.3, -0.25) is 0 Å². The molecule has 1 saturated carbocycles. The number of fused-ring (bicyclic) bond motifs is 2. The third-order valence-corrected chi connectivity index (χ3v) is 6.80. The fraction of sp³-hybridized carbons (Fsp3) is 1.00. The summed E-state index contributed by atoms with van der Waals surface area (Å²) in [5.74, 6) is 0.768. The van der Waals surface area contributed by atoms with Gasteiger partial charge < -0.3 is 19.3 Å². The minimum absolute atomic E-state index is 0.110. The third-order valence-electron chi connectivity index (χ3n) is 6.80. The van der Waals surface area contributed by atoms with E-state index in [0.717, 1.165) is 19.3 Å². The van der Waals surface area contributed by atoms with Crippen molar-refractivity contribution in [1.82, 2.24) is 0 Å². The molecule has 0 aromatic carbocycles. The van der Waals surface area contributed by atoms with Crippen LogP contribution in [0.3, 0.4) is 0 Å². The smallest absolute Gasteiger partial charge is 0.201 e. The summed E-state index contributed by atoms with van der Waals surface area (Å²) in [6.07, 6.45) is 2.79.